The van der Waals surface area contributed by atoms with Crippen LogP contribution in [0.1, 0.15) is 67.6 Å². The lowest BCUT2D eigenvalue weighted by Gasteiger charge is -2.58. The molecule has 12 heteroatoms. The number of aromatic nitrogens is 1. The fourth-order valence-corrected chi connectivity index (χ4v) is 11.2. The molecule has 65 heavy (non-hydrogen) atoms. The normalized spacial score (nSPS) is 22.5. The molecule has 0 radical (unpaired) electrons. The van der Waals surface area contributed by atoms with E-state index in [4.69, 9.17) is 24.2 Å². The van der Waals surface area contributed by atoms with Crippen molar-refractivity contribution in [3.8, 4) is 28.4 Å². The number of thioether (sulfide) groups is 1. The van der Waals surface area contributed by atoms with Crippen LogP contribution in [0.25, 0.3) is 11.1 Å². The van der Waals surface area contributed by atoms with Gasteiger partial charge >= 0.3 is 0 Å². The van der Waals surface area contributed by atoms with E-state index in [0.717, 1.165) is 82.9 Å². The molecule has 6 atom stereocenters. The molecule has 5 aromatic rings. The predicted molar refractivity (Wildman–Crippen MR) is 255 cm³/mol. The van der Waals surface area contributed by atoms with Crippen molar-refractivity contribution >= 4 is 23.2 Å². The number of nitro groups is 1. The van der Waals surface area contributed by atoms with Crippen molar-refractivity contribution in [1.29, 1.82) is 0 Å². The van der Waals surface area contributed by atoms with Crippen LogP contribution in [0.2, 0.25) is 0 Å². The molecule has 0 unspecified atom stereocenters. The first kappa shape index (κ1) is 45.8. The van der Waals surface area contributed by atoms with E-state index in [2.05, 4.69) is 48.0 Å². The van der Waals surface area contributed by atoms with Crippen LogP contribution in [-0.4, -0.2) is 62.4 Å². The Morgan fingerprint density at radius 2 is 1.60 bits per heavy atom. The minimum atomic E-state index is -1.11. The van der Waals surface area contributed by atoms with Crippen LogP contribution in [0.15, 0.2) is 151 Å². The smallest absolute Gasteiger partial charge is 0.269 e. The summed E-state index contributed by atoms with van der Waals surface area (Å²) in [5.41, 5.74) is 7.08. The van der Waals surface area contributed by atoms with Gasteiger partial charge in [0.25, 0.3) is 5.69 Å². The number of nitrogens with zero attached hydrogens (tertiary/aromatic N) is 3. The highest BCUT2D eigenvalue weighted by atomic mass is 32.2. The van der Waals surface area contributed by atoms with Crippen molar-refractivity contribution in [3.05, 3.63) is 173 Å². The number of rotatable bonds is 22. The Labute approximate surface area is 385 Å². The average Bonchev–Trinajstić information content (AvgIpc) is 3.33. The number of aliphatic hydroxyl groups excluding tert-OH is 2. The Balaban J connectivity index is 1.22. The minimum absolute atomic E-state index is 0.0149. The zero-order valence-electron chi connectivity index (χ0n) is 36.6. The van der Waals surface area contributed by atoms with Gasteiger partial charge in [-0.05, 0) is 132 Å². The molecule has 3 aliphatic rings. The molecule has 1 saturated carbocycles. The second kappa shape index (κ2) is 21.9. The maximum absolute atomic E-state index is 11.4. The first-order valence-electron chi connectivity index (χ1n) is 22.7. The van der Waals surface area contributed by atoms with Gasteiger partial charge in [0.05, 0.1) is 28.4 Å². The van der Waals surface area contributed by atoms with E-state index in [9.17, 15) is 20.3 Å². The summed E-state index contributed by atoms with van der Waals surface area (Å²) in [6, 6.07) is 35.0. The highest BCUT2D eigenvalue weighted by Crippen LogP contribution is 2.62. The van der Waals surface area contributed by atoms with Gasteiger partial charge in [-0.2, -0.15) is 11.8 Å². The van der Waals surface area contributed by atoms with Gasteiger partial charge in [0.2, 0.25) is 5.79 Å². The summed E-state index contributed by atoms with van der Waals surface area (Å²) >= 11 is 1.81. The molecule has 1 fully saturated rings. The molecule has 2 heterocycles. The van der Waals surface area contributed by atoms with Crippen LogP contribution in [-0.2, 0) is 22.6 Å². The number of non-ortho nitro benzene ring substituents is 1. The minimum Gasteiger partial charge on any atom is -0.460 e. The summed E-state index contributed by atoms with van der Waals surface area (Å²) in [6.07, 6.45) is 13.9. The van der Waals surface area contributed by atoms with Crippen LogP contribution in [0, 0.1) is 27.9 Å². The number of ether oxygens (including phenoxy) is 3. The Hall–Kier alpha value is -5.79. The van der Waals surface area contributed by atoms with Crippen molar-refractivity contribution < 1.29 is 34.2 Å². The number of aliphatic hydroxyl groups is 2. The van der Waals surface area contributed by atoms with E-state index in [1.807, 2.05) is 67.0 Å². The van der Waals surface area contributed by atoms with Crippen molar-refractivity contribution in [1.82, 2.24) is 4.98 Å². The largest absolute Gasteiger partial charge is 0.460 e. The SMILES string of the molecule is C=CCO[C@@]12Oc3ccc(Oc4ccc(-c5ccccc5)cc4)cc3[C@H]3[C@H](CCCCO)[C@@H](CCCCO)C=C(C(=NOCc4ccc([N+](=O)[O-])cc4)C[C@@H]1SCCc1ccncc1)[C@H]32. The van der Waals surface area contributed by atoms with Crippen LogP contribution >= 0.6 is 11.8 Å². The molecule has 11 nitrogen and oxygen atoms in total. The number of unbranched alkanes of at least 4 members (excludes halogenated alkanes) is 2. The molecule has 4 aromatic carbocycles. The Bertz CT molecular complexity index is 2410. The van der Waals surface area contributed by atoms with E-state index >= 15 is 0 Å². The molecule has 1 aromatic heterocycles. The molecule has 2 aliphatic carbocycles. The van der Waals surface area contributed by atoms with Gasteiger partial charge in [0.15, 0.2) is 0 Å². The molecule has 0 spiro atoms. The van der Waals surface area contributed by atoms with Crippen molar-refractivity contribution in [3.63, 3.8) is 0 Å². The van der Waals surface area contributed by atoms with E-state index in [1.165, 1.54) is 17.7 Å². The number of fused-ring (bicyclic) bond motifs is 2. The lowest BCUT2D eigenvalue weighted by atomic mass is 9.56. The van der Waals surface area contributed by atoms with Crippen LogP contribution in [0.3, 0.4) is 0 Å². The fraction of sp³-hybridized carbons (Fsp3) is 0.358. The molecule has 338 valence electrons. The highest BCUT2D eigenvalue weighted by Gasteiger charge is 2.64. The van der Waals surface area contributed by atoms with Crippen molar-refractivity contribution in [2.45, 2.75) is 74.9 Å². The van der Waals surface area contributed by atoms with Crippen molar-refractivity contribution in [2.75, 3.05) is 25.6 Å². The van der Waals surface area contributed by atoms with E-state index < -0.39 is 10.7 Å². The lowest BCUT2D eigenvalue weighted by molar-refractivity contribution is -0.384. The second-order valence-electron chi connectivity index (χ2n) is 16.9. The summed E-state index contributed by atoms with van der Waals surface area (Å²) in [7, 11) is 0. The number of nitro benzene ring substituents is 1. The molecule has 0 saturated heterocycles. The number of benzene rings is 4. The molecule has 0 amide bonds. The monoisotopic (exact) mass is 895 g/mol. The number of hydrogen-bond acceptors (Lipinski definition) is 11. The van der Waals surface area contributed by atoms with Crippen LogP contribution in [0.5, 0.6) is 17.2 Å². The predicted octanol–water partition coefficient (Wildman–Crippen LogP) is 11.3. The Morgan fingerprint density at radius 3 is 2.32 bits per heavy atom. The van der Waals surface area contributed by atoms with E-state index in [0.29, 0.717) is 25.0 Å². The molecule has 0 bridgehead atoms. The molecule has 8 rings (SSSR count). The van der Waals surface area contributed by atoms with E-state index in [-0.39, 0.29) is 61.0 Å². The van der Waals surface area contributed by atoms with Crippen LogP contribution in [0.4, 0.5) is 5.69 Å². The zero-order valence-corrected chi connectivity index (χ0v) is 37.4. The third-order valence-electron chi connectivity index (χ3n) is 12.8. The topological polar surface area (TPSA) is 146 Å². The number of pyridine rings is 1. The van der Waals surface area contributed by atoms with E-state index in [1.54, 1.807) is 30.0 Å². The molecular formula is C53H57N3O8S. The second-order valence-corrected chi connectivity index (χ2v) is 18.2. The van der Waals surface area contributed by atoms with Gasteiger partial charge in [-0.15, -0.1) is 6.58 Å². The standard InChI is InChI=1S/C53H57N3O8S/c1-2-31-61-53-50(65-32-26-37-24-27-54-28-25-37)35-48(55-62-36-38-14-18-42(19-15-38)56(59)60)46-33-41(12-6-8-29-57)45(13-7-9-30-58)51(52(46)53)47-34-44(22-23-49(47)64-53)63-43-20-16-40(17-21-43)39-10-4-3-5-11-39/h2-5,10-11,14-25,27-28,33-34,41,45,50-52,57-58H,1,6-9,12-13,26,29-32,35-36H2/t41-,45+,50-,51+,52+,53+/m0/s1. The molecule has 2 N–H and O–H groups in total. The maximum Gasteiger partial charge on any atom is 0.269 e. The third kappa shape index (κ3) is 10.7. The summed E-state index contributed by atoms with van der Waals surface area (Å²) in [4.78, 5) is 21.3. The van der Waals surface area contributed by atoms with Gasteiger partial charge in [0.1, 0.15) is 23.9 Å². The van der Waals surface area contributed by atoms with Crippen LogP contribution < -0.4 is 9.47 Å². The summed E-state index contributed by atoms with van der Waals surface area (Å²) < 4.78 is 21.1. The number of aryl methyl sites for hydroxylation is 1. The summed E-state index contributed by atoms with van der Waals surface area (Å²) in [5.74, 6) is 1.68. The Morgan fingerprint density at radius 1 is 0.877 bits per heavy atom. The van der Waals surface area contributed by atoms with Crippen molar-refractivity contribution in [2.24, 2.45) is 22.9 Å². The molecular weight excluding hydrogens is 839 g/mol. The number of hydrogen-bond donors (Lipinski definition) is 2. The third-order valence-corrected chi connectivity index (χ3v) is 14.2. The highest BCUT2D eigenvalue weighted by molar-refractivity contribution is 8.00. The first-order valence-corrected chi connectivity index (χ1v) is 23.7. The summed E-state index contributed by atoms with van der Waals surface area (Å²) in [6.45, 7) is 4.70. The number of oxime groups is 1. The fourth-order valence-electron chi connectivity index (χ4n) is 9.79. The quantitative estimate of drug-likeness (QED) is 0.0298. The molecule has 1 aliphatic heterocycles. The van der Waals surface area contributed by atoms with Gasteiger partial charge in [0, 0.05) is 55.6 Å². The first-order chi connectivity index (χ1) is 31.9. The van der Waals surface area contributed by atoms with Gasteiger partial charge < -0.3 is 29.3 Å². The number of allylic oxidation sites excluding steroid dienone is 1. The average molecular weight is 896 g/mol. The van der Waals surface area contributed by atoms with Gasteiger partial charge in [-0.3, -0.25) is 15.1 Å². The zero-order chi connectivity index (χ0) is 45.0. The Kier molecular flexibility index (Phi) is 15.4. The maximum atomic E-state index is 11.4. The summed E-state index contributed by atoms with van der Waals surface area (Å²) in [5, 5.41) is 36.0. The van der Waals surface area contributed by atoms with Gasteiger partial charge in [-0.25, -0.2) is 0 Å². The lowest BCUT2D eigenvalue weighted by Crippen LogP contribution is -2.64. The van der Waals surface area contributed by atoms with Gasteiger partial charge in [-0.1, -0.05) is 72.6 Å².